The van der Waals surface area contributed by atoms with Crippen molar-refractivity contribution in [3.05, 3.63) is 51.8 Å². The number of nitrogens with zero attached hydrogens (tertiary/aromatic N) is 3. The van der Waals surface area contributed by atoms with E-state index >= 15 is 0 Å². The lowest BCUT2D eigenvalue weighted by atomic mass is 10.3. The van der Waals surface area contributed by atoms with Gasteiger partial charge in [-0.25, -0.2) is 9.97 Å². The maximum absolute atomic E-state index is 10.3. The lowest BCUT2D eigenvalue weighted by molar-refractivity contribution is -0.384. The number of anilines is 2. The zero-order valence-corrected chi connectivity index (χ0v) is 10.7. The second kappa shape index (κ2) is 6.29. The monoisotopic (exact) mass is 261 g/mol. The summed E-state index contributed by atoms with van der Waals surface area (Å²) in [5.41, 5.74) is 12.3. The molecule has 2 aromatic rings. The molecule has 100 valence electrons. The first kappa shape index (κ1) is 14.4. The topological polar surface area (TPSA) is 121 Å². The van der Waals surface area contributed by atoms with Gasteiger partial charge >= 0.3 is 5.69 Å². The lowest BCUT2D eigenvalue weighted by Gasteiger charge is -1.95. The van der Waals surface area contributed by atoms with Gasteiger partial charge in [-0.2, -0.15) is 0 Å². The molecule has 0 aromatic carbocycles. The molecule has 0 aliphatic heterocycles. The Bertz CT molecular complexity index is 548. The normalized spacial score (nSPS) is 9.37. The molecule has 7 heteroatoms. The highest BCUT2D eigenvalue weighted by Crippen LogP contribution is 2.18. The molecule has 0 radical (unpaired) electrons. The Morgan fingerprint density at radius 1 is 1.11 bits per heavy atom. The number of hydrogen-bond donors (Lipinski definition) is 2. The highest BCUT2D eigenvalue weighted by molar-refractivity contribution is 5.52. The van der Waals surface area contributed by atoms with E-state index in [1.54, 1.807) is 19.2 Å². The molecule has 0 spiro atoms. The number of nitrogen functional groups attached to an aromatic ring is 2. The molecule has 0 saturated carbocycles. The smallest absolute Gasteiger partial charge is 0.311 e. The fourth-order valence-electron chi connectivity index (χ4n) is 1.19. The number of nitro groups is 1. The Labute approximate surface area is 110 Å². The van der Waals surface area contributed by atoms with Gasteiger partial charge in [0, 0.05) is 18.5 Å². The molecule has 0 aliphatic carbocycles. The molecule has 19 heavy (non-hydrogen) atoms. The molecular formula is C12H15N5O2. The minimum Gasteiger partial charge on any atom is -0.384 e. The lowest BCUT2D eigenvalue weighted by Crippen LogP contribution is -1.98. The Kier molecular flexibility index (Phi) is 4.76. The van der Waals surface area contributed by atoms with Crippen LogP contribution >= 0.6 is 0 Å². The fourth-order valence-corrected chi connectivity index (χ4v) is 1.19. The molecule has 0 unspecified atom stereocenters. The van der Waals surface area contributed by atoms with Gasteiger partial charge in [-0.15, -0.1) is 0 Å². The third kappa shape index (κ3) is 4.58. The number of aryl methyl sites for hydroxylation is 2. The van der Waals surface area contributed by atoms with Gasteiger partial charge in [-0.1, -0.05) is 6.07 Å². The van der Waals surface area contributed by atoms with Crippen molar-refractivity contribution >= 4 is 17.3 Å². The summed E-state index contributed by atoms with van der Waals surface area (Å²) < 4.78 is 0. The van der Waals surface area contributed by atoms with Crippen LogP contribution < -0.4 is 11.5 Å². The van der Waals surface area contributed by atoms with Crippen LogP contribution in [0.2, 0.25) is 0 Å². The summed E-state index contributed by atoms with van der Waals surface area (Å²) in [5.74, 6) is 0.538. The first-order chi connectivity index (χ1) is 8.90. The van der Waals surface area contributed by atoms with Crippen LogP contribution in [0.1, 0.15) is 11.1 Å². The van der Waals surface area contributed by atoms with Crippen molar-refractivity contribution in [2.75, 3.05) is 11.5 Å². The summed E-state index contributed by atoms with van der Waals surface area (Å²) in [5, 5.41) is 10.3. The molecule has 0 amide bonds. The maximum Gasteiger partial charge on any atom is 0.311 e. The molecule has 0 fully saturated rings. The van der Waals surface area contributed by atoms with Gasteiger partial charge in [0.15, 0.2) is 0 Å². The standard InChI is InChI=1S/C6H7N3O2.C6H8N2/c1-4-2-5(9(10)11)6(7)8-3-4;1-5-2-3-6(7)8-4-5/h2-3H,1H3,(H2,7,8);2-4H,1H3,(H2,7,8). The fraction of sp³-hybridized carbons (Fsp3) is 0.167. The van der Waals surface area contributed by atoms with E-state index < -0.39 is 4.92 Å². The van der Waals surface area contributed by atoms with E-state index in [1.165, 1.54) is 12.3 Å². The molecule has 4 N–H and O–H groups in total. The predicted octanol–water partition coefficient (Wildman–Crippen LogP) is 1.85. The quantitative estimate of drug-likeness (QED) is 0.596. The van der Waals surface area contributed by atoms with Crippen molar-refractivity contribution in [3.63, 3.8) is 0 Å². The molecule has 0 atom stereocenters. The summed E-state index contributed by atoms with van der Waals surface area (Å²) >= 11 is 0. The molecular weight excluding hydrogens is 246 g/mol. The number of pyridine rings is 2. The van der Waals surface area contributed by atoms with E-state index in [9.17, 15) is 10.1 Å². The molecule has 0 bridgehead atoms. The average molecular weight is 261 g/mol. The van der Waals surface area contributed by atoms with Crippen LogP contribution in [-0.4, -0.2) is 14.9 Å². The van der Waals surface area contributed by atoms with Gasteiger partial charge in [0.25, 0.3) is 0 Å². The first-order valence-electron chi connectivity index (χ1n) is 5.45. The largest absolute Gasteiger partial charge is 0.384 e. The van der Waals surface area contributed by atoms with Crippen LogP contribution in [0.4, 0.5) is 17.3 Å². The van der Waals surface area contributed by atoms with Crippen LogP contribution in [0, 0.1) is 24.0 Å². The number of nitrogens with two attached hydrogens (primary N) is 2. The van der Waals surface area contributed by atoms with Crippen LogP contribution in [0.15, 0.2) is 30.6 Å². The van der Waals surface area contributed by atoms with Crippen molar-refractivity contribution < 1.29 is 4.92 Å². The van der Waals surface area contributed by atoms with E-state index in [1.807, 2.05) is 13.0 Å². The molecule has 2 heterocycles. The highest BCUT2D eigenvalue weighted by Gasteiger charge is 2.11. The Balaban J connectivity index is 0.000000200. The molecule has 0 saturated heterocycles. The minimum absolute atomic E-state index is 0.0411. The maximum atomic E-state index is 10.3. The van der Waals surface area contributed by atoms with Gasteiger partial charge in [0.1, 0.15) is 5.82 Å². The second-order valence-corrected chi connectivity index (χ2v) is 3.93. The molecule has 0 aliphatic rings. The third-order valence-corrected chi connectivity index (χ3v) is 2.17. The first-order valence-corrected chi connectivity index (χ1v) is 5.45. The van der Waals surface area contributed by atoms with Crippen molar-refractivity contribution in [2.45, 2.75) is 13.8 Å². The van der Waals surface area contributed by atoms with Gasteiger partial charge in [-0.05, 0) is 31.0 Å². The summed E-state index contributed by atoms with van der Waals surface area (Å²) in [6.45, 7) is 3.70. The van der Waals surface area contributed by atoms with E-state index in [2.05, 4.69) is 9.97 Å². The Morgan fingerprint density at radius 2 is 1.74 bits per heavy atom. The number of rotatable bonds is 1. The molecule has 2 rings (SSSR count). The van der Waals surface area contributed by atoms with Crippen LogP contribution in [0.5, 0.6) is 0 Å². The van der Waals surface area contributed by atoms with E-state index in [0.29, 0.717) is 5.82 Å². The van der Waals surface area contributed by atoms with Gasteiger partial charge < -0.3 is 11.5 Å². The summed E-state index contributed by atoms with van der Waals surface area (Å²) in [6, 6.07) is 5.11. The summed E-state index contributed by atoms with van der Waals surface area (Å²) in [4.78, 5) is 17.2. The van der Waals surface area contributed by atoms with E-state index in [-0.39, 0.29) is 11.5 Å². The highest BCUT2D eigenvalue weighted by atomic mass is 16.6. The predicted molar refractivity (Wildman–Crippen MR) is 73.4 cm³/mol. The van der Waals surface area contributed by atoms with Gasteiger partial charge in [-0.3, -0.25) is 10.1 Å². The molecule has 2 aromatic heterocycles. The SMILES string of the molecule is Cc1ccc(N)nc1.Cc1cnc(N)c([N+](=O)[O-])c1. The second-order valence-electron chi connectivity index (χ2n) is 3.93. The van der Waals surface area contributed by atoms with E-state index in [4.69, 9.17) is 11.5 Å². The zero-order valence-electron chi connectivity index (χ0n) is 10.7. The van der Waals surface area contributed by atoms with Crippen LogP contribution in [0.25, 0.3) is 0 Å². The van der Waals surface area contributed by atoms with E-state index in [0.717, 1.165) is 11.1 Å². The summed E-state index contributed by atoms with van der Waals surface area (Å²) in [6.07, 6.45) is 3.23. The number of aromatic nitrogens is 2. The zero-order chi connectivity index (χ0) is 14.4. The van der Waals surface area contributed by atoms with Gasteiger partial charge in [0.05, 0.1) is 4.92 Å². The summed E-state index contributed by atoms with van der Waals surface area (Å²) in [7, 11) is 0. The van der Waals surface area contributed by atoms with Crippen molar-refractivity contribution in [3.8, 4) is 0 Å². The van der Waals surface area contributed by atoms with Crippen LogP contribution in [0.3, 0.4) is 0 Å². The minimum atomic E-state index is -0.546. The Hall–Kier alpha value is -2.70. The Morgan fingerprint density at radius 3 is 2.16 bits per heavy atom. The van der Waals surface area contributed by atoms with Crippen LogP contribution in [-0.2, 0) is 0 Å². The van der Waals surface area contributed by atoms with Crippen molar-refractivity contribution in [2.24, 2.45) is 0 Å². The van der Waals surface area contributed by atoms with Gasteiger partial charge in [0.2, 0.25) is 5.82 Å². The third-order valence-electron chi connectivity index (χ3n) is 2.17. The average Bonchev–Trinajstić information content (AvgIpc) is 2.36. The van der Waals surface area contributed by atoms with Crippen molar-refractivity contribution in [1.82, 2.24) is 9.97 Å². The number of hydrogen-bond acceptors (Lipinski definition) is 6. The molecule has 7 nitrogen and oxygen atoms in total. The van der Waals surface area contributed by atoms with Crippen molar-refractivity contribution in [1.29, 1.82) is 0 Å².